The molecule has 1 heterocycles. The van der Waals surface area contributed by atoms with Crippen LogP contribution in [0.1, 0.15) is 36.0 Å². The number of rotatable bonds is 5. The maximum atomic E-state index is 11.9. The van der Waals surface area contributed by atoms with E-state index in [1.807, 2.05) is 0 Å². The van der Waals surface area contributed by atoms with Gasteiger partial charge in [0.05, 0.1) is 0 Å². The third-order valence-electron chi connectivity index (χ3n) is 4.07. The Morgan fingerprint density at radius 1 is 1.38 bits per heavy atom. The zero-order chi connectivity index (χ0) is 14.5. The summed E-state index contributed by atoms with van der Waals surface area (Å²) in [7, 11) is 0. The van der Waals surface area contributed by atoms with Crippen molar-refractivity contribution >= 4 is 34.2 Å². The first-order valence-corrected chi connectivity index (χ1v) is 8.08. The Bertz CT molecular complexity index is 464. The Morgan fingerprint density at radius 3 is 2.62 bits per heavy atom. The predicted molar refractivity (Wildman–Crippen MR) is 92.9 cm³/mol. The molecule has 2 N–H and O–H groups in total. The summed E-state index contributed by atoms with van der Waals surface area (Å²) in [6.07, 6.45) is 2.84. The Morgan fingerprint density at radius 2 is 2.05 bits per heavy atom. The molecule has 1 aliphatic heterocycles. The first kappa shape index (κ1) is 18.5. The van der Waals surface area contributed by atoms with Gasteiger partial charge in [0, 0.05) is 17.4 Å². The number of carbonyl (C=O) groups excluding carboxylic acids is 1. The summed E-state index contributed by atoms with van der Waals surface area (Å²) < 4.78 is 1.09. The van der Waals surface area contributed by atoms with Crippen LogP contribution in [-0.4, -0.2) is 19.0 Å². The number of hydrogen-bond acceptors (Lipinski definition) is 2. The topological polar surface area (TPSA) is 41.1 Å². The zero-order valence-electron chi connectivity index (χ0n) is 12.7. The van der Waals surface area contributed by atoms with Crippen LogP contribution in [0.3, 0.4) is 0 Å². The van der Waals surface area contributed by atoms with Crippen LogP contribution in [0.15, 0.2) is 16.6 Å². The summed E-state index contributed by atoms with van der Waals surface area (Å²) in [5.74, 6) is 0.843. The molecule has 118 valence electrons. The molecule has 0 aliphatic carbocycles. The molecule has 1 fully saturated rings. The number of nitrogens with one attached hydrogen (secondary N) is 2. The molecular formula is C16H24BrClN2O. The third kappa shape index (κ3) is 5.61. The number of halogens is 2. The van der Waals surface area contributed by atoms with E-state index < -0.39 is 0 Å². The van der Waals surface area contributed by atoms with Crippen molar-refractivity contribution in [1.29, 1.82) is 0 Å². The van der Waals surface area contributed by atoms with E-state index in [-0.39, 0.29) is 18.3 Å². The number of amides is 1. The largest absolute Gasteiger partial charge is 0.352 e. The van der Waals surface area contributed by atoms with E-state index in [9.17, 15) is 4.79 Å². The SMILES string of the molecule is Cc1cc(Br)cc(C)c1CNC(=O)CCC1CCNC1.Cl. The molecule has 1 saturated heterocycles. The standard InChI is InChI=1S/C16H23BrN2O.ClH/c1-11-7-14(17)8-12(2)15(11)10-19-16(20)4-3-13-5-6-18-9-13;/h7-8,13,18H,3-6,9-10H2,1-2H3,(H,19,20);1H. The van der Waals surface area contributed by atoms with Gasteiger partial charge in [0.25, 0.3) is 0 Å². The smallest absolute Gasteiger partial charge is 0.220 e. The minimum atomic E-state index is 0. The second kappa shape index (κ2) is 8.76. The highest BCUT2D eigenvalue weighted by atomic mass is 79.9. The van der Waals surface area contributed by atoms with Crippen LogP contribution < -0.4 is 10.6 Å². The van der Waals surface area contributed by atoms with Gasteiger partial charge in [0.1, 0.15) is 0 Å². The Kier molecular flexibility index (Phi) is 7.71. The number of aryl methyl sites for hydroxylation is 2. The number of hydrogen-bond donors (Lipinski definition) is 2. The van der Waals surface area contributed by atoms with Gasteiger partial charge in [-0.25, -0.2) is 0 Å². The minimum absolute atomic E-state index is 0. The van der Waals surface area contributed by atoms with Crippen molar-refractivity contribution < 1.29 is 4.79 Å². The maximum absolute atomic E-state index is 11.9. The fraction of sp³-hybridized carbons (Fsp3) is 0.562. The molecule has 0 spiro atoms. The van der Waals surface area contributed by atoms with E-state index in [1.165, 1.54) is 23.1 Å². The normalized spacial score (nSPS) is 17.4. The van der Waals surface area contributed by atoms with E-state index in [4.69, 9.17) is 0 Å². The van der Waals surface area contributed by atoms with E-state index in [0.717, 1.165) is 24.0 Å². The van der Waals surface area contributed by atoms with Crippen molar-refractivity contribution in [1.82, 2.24) is 10.6 Å². The highest BCUT2D eigenvalue weighted by Gasteiger charge is 2.15. The van der Waals surface area contributed by atoms with Gasteiger partial charge in [0.2, 0.25) is 5.91 Å². The summed E-state index contributed by atoms with van der Waals surface area (Å²) in [5, 5.41) is 6.39. The minimum Gasteiger partial charge on any atom is -0.352 e. The monoisotopic (exact) mass is 374 g/mol. The van der Waals surface area contributed by atoms with Gasteiger partial charge in [-0.05, 0) is 74.5 Å². The van der Waals surface area contributed by atoms with Gasteiger partial charge in [-0.1, -0.05) is 15.9 Å². The molecule has 5 heteroatoms. The van der Waals surface area contributed by atoms with Gasteiger partial charge in [-0.2, -0.15) is 0 Å². The van der Waals surface area contributed by atoms with Crippen molar-refractivity contribution in [2.75, 3.05) is 13.1 Å². The molecule has 3 nitrogen and oxygen atoms in total. The molecule has 0 bridgehead atoms. The summed E-state index contributed by atoms with van der Waals surface area (Å²) in [6, 6.07) is 4.19. The molecule has 1 aliphatic rings. The summed E-state index contributed by atoms with van der Waals surface area (Å²) in [4.78, 5) is 11.9. The lowest BCUT2D eigenvalue weighted by atomic mass is 10.0. The highest BCUT2D eigenvalue weighted by molar-refractivity contribution is 9.10. The average molecular weight is 376 g/mol. The Hall–Kier alpha value is -0.580. The molecule has 1 unspecified atom stereocenters. The van der Waals surface area contributed by atoms with Gasteiger partial charge in [-0.15, -0.1) is 12.4 Å². The number of carbonyl (C=O) groups is 1. The van der Waals surface area contributed by atoms with Crippen molar-refractivity contribution in [2.45, 2.75) is 39.7 Å². The van der Waals surface area contributed by atoms with Crippen molar-refractivity contribution in [3.8, 4) is 0 Å². The van der Waals surface area contributed by atoms with Crippen LogP contribution in [0.5, 0.6) is 0 Å². The van der Waals surface area contributed by atoms with Crippen LogP contribution in [-0.2, 0) is 11.3 Å². The molecule has 21 heavy (non-hydrogen) atoms. The van der Waals surface area contributed by atoms with E-state index in [0.29, 0.717) is 18.9 Å². The molecule has 1 aromatic carbocycles. The molecule has 2 rings (SSSR count). The summed E-state index contributed by atoms with van der Waals surface area (Å²) >= 11 is 3.50. The van der Waals surface area contributed by atoms with Crippen molar-refractivity contribution in [3.63, 3.8) is 0 Å². The zero-order valence-corrected chi connectivity index (χ0v) is 15.1. The molecule has 1 aromatic rings. The molecule has 1 atom stereocenters. The Labute approximate surface area is 141 Å². The van der Waals surface area contributed by atoms with Gasteiger partial charge in [0.15, 0.2) is 0 Å². The lowest BCUT2D eigenvalue weighted by Gasteiger charge is -2.13. The van der Waals surface area contributed by atoms with Crippen LogP contribution in [0.25, 0.3) is 0 Å². The fourth-order valence-corrected chi connectivity index (χ4v) is 3.48. The summed E-state index contributed by atoms with van der Waals surface area (Å²) in [6.45, 7) is 6.97. The van der Waals surface area contributed by atoms with E-state index in [1.54, 1.807) is 0 Å². The fourth-order valence-electron chi connectivity index (χ4n) is 2.79. The summed E-state index contributed by atoms with van der Waals surface area (Å²) in [5.41, 5.74) is 3.67. The van der Waals surface area contributed by atoms with Crippen LogP contribution in [0.4, 0.5) is 0 Å². The lowest BCUT2D eigenvalue weighted by Crippen LogP contribution is -2.24. The van der Waals surface area contributed by atoms with Crippen LogP contribution in [0.2, 0.25) is 0 Å². The van der Waals surface area contributed by atoms with E-state index in [2.05, 4.69) is 52.5 Å². The third-order valence-corrected chi connectivity index (χ3v) is 4.52. The van der Waals surface area contributed by atoms with E-state index >= 15 is 0 Å². The Balaban J connectivity index is 0.00000220. The van der Waals surface area contributed by atoms with Crippen molar-refractivity contribution in [2.24, 2.45) is 5.92 Å². The lowest BCUT2D eigenvalue weighted by molar-refractivity contribution is -0.121. The van der Waals surface area contributed by atoms with Crippen molar-refractivity contribution in [3.05, 3.63) is 33.3 Å². The molecular weight excluding hydrogens is 352 g/mol. The van der Waals surface area contributed by atoms with Gasteiger partial charge < -0.3 is 10.6 Å². The highest BCUT2D eigenvalue weighted by Crippen LogP contribution is 2.20. The maximum Gasteiger partial charge on any atom is 0.220 e. The second-order valence-corrected chi connectivity index (χ2v) is 6.61. The number of benzene rings is 1. The molecule has 0 aromatic heterocycles. The van der Waals surface area contributed by atoms with Crippen LogP contribution in [0, 0.1) is 19.8 Å². The first-order valence-electron chi connectivity index (χ1n) is 7.29. The molecule has 0 radical (unpaired) electrons. The quantitative estimate of drug-likeness (QED) is 0.827. The van der Waals surface area contributed by atoms with Crippen LogP contribution >= 0.6 is 28.3 Å². The van der Waals surface area contributed by atoms with Gasteiger partial charge in [-0.3, -0.25) is 4.79 Å². The average Bonchev–Trinajstić information content (AvgIpc) is 2.88. The second-order valence-electron chi connectivity index (χ2n) is 5.69. The molecule has 0 saturated carbocycles. The molecule has 1 amide bonds. The predicted octanol–water partition coefficient (Wildman–Crippen LogP) is 3.49. The first-order chi connectivity index (χ1) is 9.56. The van der Waals surface area contributed by atoms with Gasteiger partial charge >= 0.3 is 0 Å².